The zero-order valence-electron chi connectivity index (χ0n) is 12.9. The Morgan fingerprint density at radius 3 is 2.90 bits per heavy atom. The predicted molar refractivity (Wildman–Crippen MR) is 82.0 cm³/mol. The Kier molecular flexibility index (Phi) is 6.45. The molecule has 0 aromatic heterocycles. The van der Waals surface area contributed by atoms with E-state index in [4.69, 9.17) is 20.1 Å². The van der Waals surface area contributed by atoms with Gasteiger partial charge < -0.3 is 14.2 Å². The highest BCUT2D eigenvalue weighted by Crippen LogP contribution is 2.37. The molecule has 1 heterocycles. The maximum Gasteiger partial charge on any atom is 0.124 e. The van der Waals surface area contributed by atoms with Crippen molar-refractivity contribution in [3.63, 3.8) is 0 Å². The van der Waals surface area contributed by atoms with Crippen LogP contribution in [0.1, 0.15) is 31.4 Å². The Hall–Kier alpha value is -1.14. The number of nitrogens with one attached hydrogen (secondary N) is 1. The summed E-state index contributed by atoms with van der Waals surface area (Å²) in [5, 5.41) is 0. The van der Waals surface area contributed by atoms with Gasteiger partial charge in [-0.1, -0.05) is 25.1 Å². The molecule has 0 saturated carbocycles. The molecule has 3 N–H and O–H groups in total. The van der Waals surface area contributed by atoms with Gasteiger partial charge in [-0.05, 0) is 18.9 Å². The molecule has 21 heavy (non-hydrogen) atoms. The minimum atomic E-state index is 0.0381. The van der Waals surface area contributed by atoms with Gasteiger partial charge in [-0.25, -0.2) is 0 Å². The van der Waals surface area contributed by atoms with Crippen molar-refractivity contribution < 1.29 is 14.2 Å². The Morgan fingerprint density at radius 1 is 1.38 bits per heavy atom. The molecule has 1 aliphatic heterocycles. The number of nitrogens with two attached hydrogens (primary N) is 1. The van der Waals surface area contributed by atoms with Crippen LogP contribution in [0.5, 0.6) is 5.75 Å². The van der Waals surface area contributed by atoms with E-state index in [1.54, 1.807) is 7.11 Å². The average Bonchev–Trinajstić information content (AvgIpc) is 2.98. The van der Waals surface area contributed by atoms with E-state index >= 15 is 0 Å². The molecule has 118 valence electrons. The van der Waals surface area contributed by atoms with Crippen LogP contribution in [0.15, 0.2) is 24.3 Å². The Labute approximate surface area is 126 Å². The monoisotopic (exact) mass is 294 g/mol. The number of methoxy groups -OCH3 is 1. The highest BCUT2D eigenvalue weighted by Gasteiger charge is 2.35. The zero-order valence-corrected chi connectivity index (χ0v) is 12.9. The van der Waals surface area contributed by atoms with Crippen LogP contribution in [-0.4, -0.2) is 33.0 Å². The van der Waals surface area contributed by atoms with Gasteiger partial charge in [0.15, 0.2) is 0 Å². The van der Waals surface area contributed by atoms with Crippen molar-refractivity contribution in [2.75, 3.05) is 26.9 Å². The lowest BCUT2D eigenvalue weighted by Crippen LogP contribution is -2.37. The summed E-state index contributed by atoms with van der Waals surface area (Å²) in [5.74, 6) is 7.07. The topological polar surface area (TPSA) is 65.7 Å². The van der Waals surface area contributed by atoms with Gasteiger partial charge in [0, 0.05) is 25.2 Å². The molecule has 3 unspecified atom stereocenters. The van der Waals surface area contributed by atoms with E-state index in [0.717, 1.165) is 30.8 Å². The van der Waals surface area contributed by atoms with E-state index in [1.807, 2.05) is 18.2 Å². The molecule has 0 aliphatic carbocycles. The van der Waals surface area contributed by atoms with Gasteiger partial charge in [-0.15, -0.1) is 0 Å². The first-order valence-electron chi connectivity index (χ1n) is 7.60. The second-order valence-electron chi connectivity index (χ2n) is 5.29. The van der Waals surface area contributed by atoms with E-state index in [1.165, 1.54) is 0 Å². The summed E-state index contributed by atoms with van der Waals surface area (Å²) in [6.45, 7) is 4.05. The molecule has 0 radical (unpaired) electrons. The number of para-hydroxylation sites is 1. The molecule has 2 rings (SSSR count). The first-order valence-corrected chi connectivity index (χ1v) is 7.60. The summed E-state index contributed by atoms with van der Waals surface area (Å²) in [5.41, 5.74) is 4.05. The third-order valence-corrected chi connectivity index (χ3v) is 4.07. The summed E-state index contributed by atoms with van der Waals surface area (Å²) in [4.78, 5) is 0. The number of hydrogen-bond donors (Lipinski definition) is 2. The smallest absolute Gasteiger partial charge is 0.124 e. The number of benzene rings is 1. The number of hydrogen-bond acceptors (Lipinski definition) is 5. The van der Waals surface area contributed by atoms with Crippen LogP contribution in [0.3, 0.4) is 0 Å². The summed E-state index contributed by atoms with van der Waals surface area (Å²) in [6, 6.07) is 8.07. The van der Waals surface area contributed by atoms with E-state index < -0.39 is 0 Å². The van der Waals surface area contributed by atoms with Crippen LogP contribution in [0.2, 0.25) is 0 Å². The second kappa shape index (κ2) is 8.34. The quantitative estimate of drug-likeness (QED) is 0.436. The van der Waals surface area contributed by atoms with Gasteiger partial charge in [0.25, 0.3) is 0 Å². The van der Waals surface area contributed by atoms with Crippen LogP contribution < -0.4 is 16.0 Å². The molecule has 1 saturated heterocycles. The first kappa shape index (κ1) is 16.2. The third-order valence-electron chi connectivity index (χ3n) is 4.07. The van der Waals surface area contributed by atoms with Crippen LogP contribution in [0, 0.1) is 5.92 Å². The van der Waals surface area contributed by atoms with Crippen LogP contribution in [0.25, 0.3) is 0 Å². The Bertz CT molecular complexity index is 428. The average molecular weight is 294 g/mol. The standard InChI is InChI=1S/C16H26N2O3/c1-3-14-13(8-9-20-14)16(18-17)12-6-4-5-7-15(12)21-11-10-19-2/h4-7,13-14,16,18H,3,8-11,17H2,1-2H3. The van der Waals surface area contributed by atoms with Crippen LogP contribution in [-0.2, 0) is 9.47 Å². The summed E-state index contributed by atoms with van der Waals surface area (Å²) < 4.78 is 16.7. The first-order chi connectivity index (χ1) is 10.3. The van der Waals surface area contributed by atoms with Crippen molar-refractivity contribution in [1.82, 2.24) is 5.43 Å². The lowest BCUT2D eigenvalue weighted by atomic mass is 9.86. The van der Waals surface area contributed by atoms with Gasteiger partial charge in [-0.2, -0.15) is 0 Å². The van der Waals surface area contributed by atoms with Gasteiger partial charge in [0.1, 0.15) is 12.4 Å². The molecule has 5 heteroatoms. The number of ether oxygens (including phenoxy) is 3. The van der Waals surface area contributed by atoms with E-state index in [-0.39, 0.29) is 12.1 Å². The van der Waals surface area contributed by atoms with Crippen molar-refractivity contribution in [3.05, 3.63) is 29.8 Å². The van der Waals surface area contributed by atoms with Crippen LogP contribution >= 0.6 is 0 Å². The molecule has 1 aromatic rings. The normalized spacial score (nSPS) is 23.2. The summed E-state index contributed by atoms with van der Waals surface area (Å²) in [6.07, 6.45) is 2.26. The molecule has 0 spiro atoms. The molecule has 0 amide bonds. The van der Waals surface area contributed by atoms with Gasteiger partial charge in [0.2, 0.25) is 0 Å². The fourth-order valence-electron chi connectivity index (χ4n) is 3.01. The van der Waals surface area contributed by atoms with E-state index in [2.05, 4.69) is 18.4 Å². The Morgan fingerprint density at radius 2 is 2.19 bits per heavy atom. The molecule has 1 aliphatic rings. The fraction of sp³-hybridized carbons (Fsp3) is 0.625. The third kappa shape index (κ3) is 3.95. The molecular weight excluding hydrogens is 268 g/mol. The number of hydrazine groups is 1. The minimum absolute atomic E-state index is 0.0381. The molecule has 1 aromatic carbocycles. The lowest BCUT2D eigenvalue weighted by Gasteiger charge is -2.28. The lowest BCUT2D eigenvalue weighted by molar-refractivity contribution is 0.0768. The van der Waals surface area contributed by atoms with Crippen molar-refractivity contribution >= 4 is 0 Å². The van der Waals surface area contributed by atoms with Gasteiger partial charge in [-0.3, -0.25) is 11.3 Å². The van der Waals surface area contributed by atoms with Gasteiger partial charge >= 0.3 is 0 Å². The predicted octanol–water partition coefficient (Wildman–Crippen LogP) is 2.03. The maximum absolute atomic E-state index is 5.84. The summed E-state index contributed by atoms with van der Waals surface area (Å²) >= 11 is 0. The maximum atomic E-state index is 5.84. The fourth-order valence-corrected chi connectivity index (χ4v) is 3.01. The second-order valence-corrected chi connectivity index (χ2v) is 5.29. The van der Waals surface area contributed by atoms with E-state index in [0.29, 0.717) is 19.1 Å². The van der Waals surface area contributed by atoms with Crippen molar-refractivity contribution in [3.8, 4) is 5.75 Å². The highest BCUT2D eigenvalue weighted by atomic mass is 16.5. The largest absolute Gasteiger partial charge is 0.491 e. The molecule has 1 fully saturated rings. The van der Waals surface area contributed by atoms with Crippen molar-refractivity contribution in [1.29, 1.82) is 0 Å². The SMILES string of the molecule is CCC1OCCC1C(NN)c1ccccc1OCCOC. The van der Waals surface area contributed by atoms with E-state index in [9.17, 15) is 0 Å². The van der Waals surface area contributed by atoms with Crippen molar-refractivity contribution in [2.24, 2.45) is 11.8 Å². The zero-order chi connectivity index (χ0) is 15.1. The Balaban J connectivity index is 2.17. The number of rotatable bonds is 8. The molecule has 5 nitrogen and oxygen atoms in total. The summed E-state index contributed by atoms with van der Waals surface area (Å²) in [7, 11) is 1.67. The molecule has 0 bridgehead atoms. The van der Waals surface area contributed by atoms with Crippen LogP contribution in [0.4, 0.5) is 0 Å². The minimum Gasteiger partial charge on any atom is -0.491 e. The van der Waals surface area contributed by atoms with Gasteiger partial charge in [0.05, 0.1) is 18.8 Å². The highest BCUT2D eigenvalue weighted by molar-refractivity contribution is 5.36. The molecule has 3 atom stereocenters. The van der Waals surface area contributed by atoms with Crippen molar-refractivity contribution in [2.45, 2.75) is 31.9 Å². The molecular formula is C16H26N2O3.